The van der Waals surface area contributed by atoms with Crippen LogP contribution in [0.3, 0.4) is 0 Å². The number of aryl methyl sites for hydroxylation is 4. The SMILES string of the molecule is CCCCCCCCC1(CCCCCCCC)c2cc(C)ccc2-c2ccc(-c3ccc4c(c3)C(c3ccc(CCCCCC)cc3)(c3ccc(CCCCCC)cc3)c3cc(C)ccc3-4)cc21. The summed E-state index contributed by atoms with van der Waals surface area (Å²) in [6.07, 6.45) is 31.2. The molecule has 0 bridgehead atoms. The molecule has 0 aliphatic heterocycles. The predicted molar refractivity (Wildman–Crippen MR) is 297 cm³/mol. The van der Waals surface area contributed by atoms with Crippen LogP contribution in [-0.4, -0.2) is 0 Å². The van der Waals surface area contributed by atoms with Gasteiger partial charge in [-0.3, -0.25) is 0 Å². The molecule has 0 heteroatoms. The molecular formula is C68H86. The Morgan fingerprint density at radius 1 is 0.309 bits per heavy atom. The predicted octanol–water partition coefficient (Wildman–Crippen LogP) is 20.3. The molecule has 2 aliphatic rings. The molecule has 0 nitrogen and oxygen atoms in total. The van der Waals surface area contributed by atoms with E-state index < -0.39 is 5.41 Å². The lowest BCUT2D eigenvalue weighted by Crippen LogP contribution is -2.29. The minimum atomic E-state index is -0.433. The van der Waals surface area contributed by atoms with E-state index in [1.54, 1.807) is 11.1 Å². The van der Waals surface area contributed by atoms with Gasteiger partial charge in [0.05, 0.1) is 5.41 Å². The third kappa shape index (κ3) is 10.6. The van der Waals surface area contributed by atoms with Gasteiger partial charge in [-0.25, -0.2) is 0 Å². The molecule has 358 valence electrons. The molecule has 68 heavy (non-hydrogen) atoms. The molecule has 0 N–H and O–H groups in total. The van der Waals surface area contributed by atoms with Crippen molar-refractivity contribution in [2.45, 2.75) is 206 Å². The smallest absolute Gasteiger partial charge is 0.0654 e. The van der Waals surface area contributed by atoms with Gasteiger partial charge in [0.15, 0.2) is 0 Å². The van der Waals surface area contributed by atoms with Crippen molar-refractivity contribution in [3.05, 3.63) is 177 Å². The molecule has 0 aromatic heterocycles. The summed E-state index contributed by atoms with van der Waals surface area (Å²) in [5.74, 6) is 0. The number of fused-ring (bicyclic) bond motifs is 6. The van der Waals surface area contributed by atoms with Crippen LogP contribution in [-0.2, 0) is 23.7 Å². The van der Waals surface area contributed by atoms with E-state index in [-0.39, 0.29) is 5.41 Å². The lowest BCUT2D eigenvalue weighted by atomic mass is 9.67. The topological polar surface area (TPSA) is 0 Å². The fraction of sp³-hybridized carbons (Fsp3) is 0.471. The third-order valence-corrected chi connectivity index (χ3v) is 16.5. The van der Waals surface area contributed by atoms with Gasteiger partial charge in [0.25, 0.3) is 0 Å². The lowest BCUT2D eigenvalue weighted by Gasteiger charge is -2.35. The monoisotopic (exact) mass is 903 g/mol. The van der Waals surface area contributed by atoms with Crippen molar-refractivity contribution in [2.24, 2.45) is 0 Å². The van der Waals surface area contributed by atoms with E-state index in [0.29, 0.717) is 0 Å². The van der Waals surface area contributed by atoms with Gasteiger partial charge in [-0.2, -0.15) is 0 Å². The van der Waals surface area contributed by atoms with E-state index in [1.807, 2.05) is 0 Å². The second-order valence-corrected chi connectivity index (χ2v) is 21.5. The van der Waals surface area contributed by atoms with Gasteiger partial charge < -0.3 is 0 Å². The van der Waals surface area contributed by atoms with Gasteiger partial charge in [-0.15, -0.1) is 0 Å². The zero-order valence-electron chi connectivity index (χ0n) is 43.5. The highest BCUT2D eigenvalue weighted by atomic mass is 14.5. The number of hydrogen-bond donors (Lipinski definition) is 0. The molecule has 0 amide bonds. The number of hydrogen-bond acceptors (Lipinski definition) is 0. The van der Waals surface area contributed by atoms with Crippen molar-refractivity contribution in [3.8, 4) is 33.4 Å². The fourth-order valence-corrected chi connectivity index (χ4v) is 12.6. The van der Waals surface area contributed by atoms with Crippen molar-refractivity contribution < 1.29 is 0 Å². The molecule has 0 heterocycles. The van der Waals surface area contributed by atoms with Crippen molar-refractivity contribution in [2.75, 3.05) is 0 Å². The Morgan fingerprint density at radius 3 is 1.10 bits per heavy atom. The van der Waals surface area contributed by atoms with Crippen molar-refractivity contribution in [3.63, 3.8) is 0 Å². The maximum absolute atomic E-state index is 2.68. The summed E-state index contributed by atoms with van der Waals surface area (Å²) in [4.78, 5) is 0. The molecule has 0 saturated heterocycles. The zero-order valence-corrected chi connectivity index (χ0v) is 43.5. The first kappa shape index (κ1) is 49.7. The van der Waals surface area contributed by atoms with E-state index in [9.17, 15) is 0 Å². The molecule has 0 fully saturated rings. The highest BCUT2D eigenvalue weighted by molar-refractivity contribution is 5.90. The first-order chi connectivity index (χ1) is 33.4. The molecule has 2 aliphatic carbocycles. The second kappa shape index (κ2) is 23.8. The molecule has 0 atom stereocenters. The highest BCUT2D eigenvalue weighted by Gasteiger charge is 2.47. The maximum atomic E-state index is 2.68. The molecule has 6 aromatic carbocycles. The molecule has 0 radical (unpaired) electrons. The van der Waals surface area contributed by atoms with Gasteiger partial charge in [-0.1, -0.05) is 264 Å². The van der Waals surface area contributed by atoms with Gasteiger partial charge in [0, 0.05) is 5.41 Å². The summed E-state index contributed by atoms with van der Waals surface area (Å²) in [7, 11) is 0. The first-order valence-corrected chi connectivity index (χ1v) is 28.1. The van der Waals surface area contributed by atoms with E-state index in [0.717, 1.165) is 12.8 Å². The van der Waals surface area contributed by atoms with Crippen LogP contribution in [0.25, 0.3) is 33.4 Å². The fourth-order valence-electron chi connectivity index (χ4n) is 12.6. The summed E-state index contributed by atoms with van der Waals surface area (Å²) < 4.78 is 0. The average molecular weight is 903 g/mol. The third-order valence-electron chi connectivity index (χ3n) is 16.5. The number of unbranched alkanes of at least 4 members (excludes halogenated alkanes) is 16. The average Bonchev–Trinajstić information content (AvgIpc) is 3.79. The molecule has 6 aromatic rings. The van der Waals surface area contributed by atoms with Crippen LogP contribution in [0.15, 0.2) is 121 Å². The minimum absolute atomic E-state index is 0.0486. The van der Waals surface area contributed by atoms with E-state index in [2.05, 4.69) is 163 Å². The number of benzene rings is 6. The van der Waals surface area contributed by atoms with Crippen molar-refractivity contribution in [1.82, 2.24) is 0 Å². The molecule has 0 unspecified atom stereocenters. The van der Waals surface area contributed by atoms with Gasteiger partial charge in [-0.05, 0) is 142 Å². The summed E-state index contributed by atoms with van der Waals surface area (Å²) in [5.41, 5.74) is 22.4. The highest BCUT2D eigenvalue weighted by Crippen LogP contribution is 2.59. The van der Waals surface area contributed by atoms with Crippen LogP contribution in [0, 0.1) is 13.8 Å². The van der Waals surface area contributed by atoms with Crippen LogP contribution >= 0.6 is 0 Å². The summed E-state index contributed by atoms with van der Waals surface area (Å²) in [5, 5.41) is 0. The van der Waals surface area contributed by atoms with Crippen LogP contribution in [0.4, 0.5) is 0 Å². The van der Waals surface area contributed by atoms with Crippen LogP contribution in [0.2, 0.25) is 0 Å². The van der Waals surface area contributed by atoms with Gasteiger partial charge >= 0.3 is 0 Å². The minimum Gasteiger partial charge on any atom is -0.0654 e. The standard InChI is InChI=1S/C68H86/c1-7-11-15-19-21-25-45-67(46-26-22-20-16-12-8-2)63-47-51(5)29-41-59(63)60-43-35-55(49-64(60)67)56-36-44-62-61-42-30-52(6)48-65(61)68(66(62)50-56,57-37-31-53(32-38-57)27-23-17-13-9-3)58-39-33-54(34-40-58)28-24-18-14-10-4/h29-44,47-50H,7-28,45-46H2,1-6H3. The Hall–Kier alpha value is -4.68. The Kier molecular flexibility index (Phi) is 17.4. The van der Waals surface area contributed by atoms with Crippen LogP contribution in [0.1, 0.15) is 225 Å². The van der Waals surface area contributed by atoms with Gasteiger partial charge in [0.2, 0.25) is 0 Å². The largest absolute Gasteiger partial charge is 0.0713 e. The Labute approximate surface area is 414 Å². The molecule has 0 spiro atoms. The molecular weight excluding hydrogens is 817 g/mol. The van der Waals surface area contributed by atoms with Gasteiger partial charge in [0.1, 0.15) is 0 Å². The van der Waals surface area contributed by atoms with E-state index in [1.165, 1.54) is 219 Å². The van der Waals surface area contributed by atoms with Crippen LogP contribution < -0.4 is 0 Å². The van der Waals surface area contributed by atoms with E-state index >= 15 is 0 Å². The number of rotatable bonds is 27. The first-order valence-electron chi connectivity index (χ1n) is 28.1. The van der Waals surface area contributed by atoms with Crippen LogP contribution in [0.5, 0.6) is 0 Å². The Bertz CT molecular complexity index is 2460. The maximum Gasteiger partial charge on any atom is 0.0713 e. The summed E-state index contributed by atoms with van der Waals surface area (Å²) in [6.45, 7) is 13.9. The second-order valence-electron chi connectivity index (χ2n) is 21.5. The summed E-state index contributed by atoms with van der Waals surface area (Å²) >= 11 is 0. The zero-order chi connectivity index (χ0) is 47.4. The lowest BCUT2D eigenvalue weighted by molar-refractivity contribution is 0.398. The quantitative estimate of drug-likeness (QED) is 0.0451. The Morgan fingerprint density at radius 2 is 0.647 bits per heavy atom. The van der Waals surface area contributed by atoms with E-state index in [4.69, 9.17) is 0 Å². The molecule has 8 rings (SSSR count). The normalized spacial score (nSPS) is 13.9. The summed E-state index contributed by atoms with van der Waals surface area (Å²) in [6, 6.07) is 49.7. The molecule has 0 saturated carbocycles. The van der Waals surface area contributed by atoms with Crippen molar-refractivity contribution >= 4 is 0 Å². The Balaban J connectivity index is 1.25. The van der Waals surface area contributed by atoms with Crippen molar-refractivity contribution in [1.29, 1.82) is 0 Å².